The second kappa shape index (κ2) is 6.13. The van der Waals surface area contributed by atoms with Gasteiger partial charge in [-0.3, -0.25) is 9.78 Å². The van der Waals surface area contributed by atoms with Crippen LogP contribution in [-0.2, 0) is 12.8 Å². The molecule has 108 valence electrons. The first kappa shape index (κ1) is 14.5. The van der Waals surface area contributed by atoms with E-state index in [-0.39, 0.29) is 12.3 Å². The summed E-state index contributed by atoms with van der Waals surface area (Å²) in [5.41, 5.74) is 4.81. The van der Waals surface area contributed by atoms with Gasteiger partial charge in [-0.05, 0) is 48.2 Å². The SMILES string of the molecule is [C-]#[N+]CC(=O)c1ccnc2c1CC(Cc1ccc(Cl)cc1)=C2. The molecule has 1 heterocycles. The van der Waals surface area contributed by atoms with E-state index in [1.54, 1.807) is 12.3 Å². The molecular weight excluding hydrogens is 296 g/mol. The predicted octanol–water partition coefficient (Wildman–Crippen LogP) is 4.02. The van der Waals surface area contributed by atoms with Gasteiger partial charge in [0.15, 0.2) is 0 Å². The highest BCUT2D eigenvalue weighted by molar-refractivity contribution is 6.30. The summed E-state index contributed by atoms with van der Waals surface area (Å²) in [4.78, 5) is 19.6. The fourth-order valence-electron chi connectivity index (χ4n) is 2.69. The van der Waals surface area contributed by atoms with Crippen LogP contribution < -0.4 is 0 Å². The Morgan fingerprint density at radius 3 is 2.77 bits per heavy atom. The lowest BCUT2D eigenvalue weighted by atomic mass is 9.99. The first-order valence-corrected chi connectivity index (χ1v) is 7.33. The number of pyridine rings is 1. The van der Waals surface area contributed by atoms with Gasteiger partial charge in [-0.2, -0.15) is 0 Å². The van der Waals surface area contributed by atoms with Gasteiger partial charge in [0, 0.05) is 16.8 Å². The van der Waals surface area contributed by atoms with Gasteiger partial charge < -0.3 is 4.85 Å². The van der Waals surface area contributed by atoms with Crippen LogP contribution in [0.15, 0.2) is 42.1 Å². The molecular formula is C18H13ClN2O. The maximum absolute atomic E-state index is 12.0. The summed E-state index contributed by atoms with van der Waals surface area (Å²) >= 11 is 5.90. The number of hydrogen-bond donors (Lipinski definition) is 0. The summed E-state index contributed by atoms with van der Waals surface area (Å²) in [5.74, 6) is -0.130. The van der Waals surface area contributed by atoms with Crippen LogP contribution in [0.25, 0.3) is 10.9 Å². The van der Waals surface area contributed by atoms with Crippen LogP contribution in [0.5, 0.6) is 0 Å². The van der Waals surface area contributed by atoms with E-state index in [0.717, 1.165) is 22.7 Å². The molecule has 0 saturated carbocycles. The Labute approximate surface area is 134 Å². The van der Waals surface area contributed by atoms with E-state index in [1.165, 1.54) is 11.1 Å². The van der Waals surface area contributed by atoms with Crippen LogP contribution >= 0.6 is 11.6 Å². The van der Waals surface area contributed by atoms with Crippen molar-refractivity contribution in [3.63, 3.8) is 0 Å². The van der Waals surface area contributed by atoms with E-state index in [2.05, 4.69) is 9.83 Å². The zero-order chi connectivity index (χ0) is 15.5. The Morgan fingerprint density at radius 2 is 2.05 bits per heavy atom. The van der Waals surface area contributed by atoms with Crippen molar-refractivity contribution in [2.24, 2.45) is 0 Å². The highest BCUT2D eigenvalue weighted by Crippen LogP contribution is 2.29. The van der Waals surface area contributed by atoms with Gasteiger partial charge in [0.25, 0.3) is 6.54 Å². The predicted molar refractivity (Wildman–Crippen MR) is 86.9 cm³/mol. The molecule has 0 spiro atoms. The number of benzene rings is 1. The topological polar surface area (TPSA) is 34.3 Å². The van der Waals surface area contributed by atoms with Crippen LogP contribution in [0.2, 0.25) is 5.02 Å². The van der Waals surface area contributed by atoms with E-state index in [0.29, 0.717) is 12.0 Å². The molecule has 1 aliphatic carbocycles. The molecule has 2 aromatic rings. The molecule has 1 aromatic heterocycles. The summed E-state index contributed by atoms with van der Waals surface area (Å²) < 4.78 is 0. The van der Waals surface area contributed by atoms with E-state index in [1.807, 2.05) is 30.3 Å². The zero-order valence-corrected chi connectivity index (χ0v) is 12.6. The van der Waals surface area contributed by atoms with E-state index < -0.39 is 0 Å². The second-order valence-electron chi connectivity index (χ2n) is 5.24. The van der Waals surface area contributed by atoms with Crippen molar-refractivity contribution in [3.8, 4) is 0 Å². The summed E-state index contributed by atoms with van der Waals surface area (Å²) in [6.07, 6.45) is 5.20. The van der Waals surface area contributed by atoms with Crippen LogP contribution in [-0.4, -0.2) is 17.3 Å². The molecule has 0 atom stereocenters. The number of rotatable bonds is 4. The molecule has 3 nitrogen and oxygen atoms in total. The second-order valence-corrected chi connectivity index (χ2v) is 5.68. The number of allylic oxidation sites excluding steroid dienone is 1. The van der Waals surface area contributed by atoms with E-state index in [9.17, 15) is 4.79 Å². The standard InChI is InChI=1S/C18H13ClN2O/c1-20-11-18(22)15-6-7-21-17-10-13(9-16(15)17)8-12-2-4-14(19)5-3-12/h2-7,10H,8-9,11H2. The molecule has 22 heavy (non-hydrogen) atoms. The van der Waals surface area contributed by atoms with Gasteiger partial charge in [0.05, 0.1) is 5.69 Å². The van der Waals surface area contributed by atoms with Crippen molar-refractivity contribution < 1.29 is 4.79 Å². The molecule has 0 N–H and O–H groups in total. The maximum atomic E-state index is 12.0. The summed E-state index contributed by atoms with van der Waals surface area (Å²) in [7, 11) is 0. The monoisotopic (exact) mass is 308 g/mol. The van der Waals surface area contributed by atoms with Gasteiger partial charge >= 0.3 is 0 Å². The van der Waals surface area contributed by atoms with Crippen LogP contribution in [0.1, 0.15) is 27.2 Å². The molecule has 0 unspecified atom stereocenters. The number of nitrogens with zero attached hydrogens (tertiary/aromatic N) is 2. The molecule has 0 radical (unpaired) electrons. The van der Waals surface area contributed by atoms with Crippen LogP contribution in [0, 0.1) is 6.57 Å². The number of halogens is 1. The highest BCUT2D eigenvalue weighted by Gasteiger charge is 2.22. The van der Waals surface area contributed by atoms with Crippen molar-refractivity contribution in [3.05, 3.63) is 80.9 Å². The average Bonchev–Trinajstić information content (AvgIpc) is 2.92. The Bertz CT molecular complexity index is 801. The third-order valence-electron chi connectivity index (χ3n) is 3.70. The van der Waals surface area contributed by atoms with Crippen LogP contribution in [0.3, 0.4) is 0 Å². The largest absolute Gasteiger partial charge is 0.308 e. The molecule has 1 aliphatic rings. The first-order valence-electron chi connectivity index (χ1n) is 6.95. The fourth-order valence-corrected chi connectivity index (χ4v) is 2.81. The first-order chi connectivity index (χ1) is 10.7. The quantitative estimate of drug-likeness (QED) is 0.631. The Morgan fingerprint density at radius 1 is 1.27 bits per heavy atom. The normalized spacial score (nSPS) is 12.5. The van der Waals surface area contributed by atoms with Crippen molar-refractivity contribution in [1.29, 1.82) is 0 Å². The lowest BCUT2D eigenvalue weighted by molar-refractivity contribution is 0.101. The van der Waals surface area contributed by atoms with Crippen molar-refractivity contribution in [1.82, 2.24) is 4.98 Å². The number of carbonyl (C=O) groups is 1. The number of ketones is 1. The van der Waals surface area contributed by atoms with Crippen molar-refractivity contribution >= 4 is 23.5 Å². The smallest absolute Gasteiger partial charge is 0.276 e. The average molecular weight is 309 g/mol. The molecule has 0 saturated heterocycles. The summed E-state index contributed by atoms with van der Waals surface area (Å²) in [5, 5.41) is 0.723. The minimum Gasteiger partial charge on any atom is -0.308 e. The minimum absolute atomic E-state index is 0.108. The lowest BCUT2D eigenvalue weighted by Gasteiger charge is -2.05. The van der Waals surface area contributed by atoms with Crippen LogP contribution in [0.4, 0.5) is 0 Å². The third-order valence-corrected chi connectivity index (χ3v) is 3.95. The number of carbonyl (C=O) groups excluding carboxylic acids is 1. The number of hydrogen-bond acceptors (Lipinski definition) is 2. The van der Waals surface area contributed by atoms with Gasteiger partial charge in [-0.25, -0.2) is 6.57 Å². The maximum Gasteiger partial charge on any atom is 0.276 e. The van der Waals surface area contributed by atoms with Gasteiger partial charge in [-0.15, -0.1) is 0 Å². The number of Topliss-reactive ketones (excluding diaryl/α,β-unsaturated/α-hetero) is 1. The third kappa shape index (κ3) is 2.93. The molecule has 4 heteroatoms. The fraction of sp³-hybridized carbons (Fsp3) is 0.167. The molecule has 0 fully saturated rings. The molecule has 0 bridgehead atoms. The Kier molecular flexibility index (Phi) is 4.04. The highest BCUT2D eigenvalue weighted by atomic mass is 35.5. The van der Waals surface area contributed by atoms with Gasteiger partial charge in [0.2, 0.25) is 5.78 Å². The van der Waals surface area contributed by atoms with Gasteiger partial charge in [0.1, 0.15) is 0 Å². The lowest BCUT2D eigenvalue weighted by Crippen LogP contribution is -2.07. The Balaban J connectivity index is 1.82. The molecule has 1 aromatic carbocycles. The van der Waals surface area contributed by atoms with E-state index in [4.69, 9.17) is 18.2 Å². The Hall–Kier alpha value is -2.44. The zero-order valence-electron chi connectivity index (χ0n) is 11.8. The summed E-state index contributed by atoms with van der Waals surface area (Å²) in [6, 6.07) is 9.48. The molecule has 0 aliphatic heterocycles. The number of fused-ring (bicyclic) bond motifs is 1. The number of aromatic nitrogens is 1. The minimum atomic E-state index is -0.130. The van der Waals surface area contributed by atoms with E-state index >= 15 is 0 Å². The van der Waals surface area contributed by atoms with Gasteiger partial charge in [-0.1, -0.05) is 29.3 Å². The molecule has 0 amide bonds. The molecule has 3 rings (SSSR count). The van der Waals surface area contributed by atoms with Crippen molar-refractivity contribution in [2.75, 3.05) is 6.54 Å². The summed E-state index contributed by atoms with van der Waals surface area (Å²) in [6.45, 7) is 6.74. The van der Waals surface area contributed by atoms with Crippen molar-refractivity contribution in [2.45, 2.75) is 12.8 Å².